The third-order valence-electron chi connectivity index (χ3n) is 5.07. The van der Waals surface area contributed by atoms with Crippen molar-refractivity contribution in [2.75, 3.05) is 31.7 Å². The predicted molar refractivity (Wildman–Crippen MR) is 103 cm³/mol. The number of benzene rings is 1. The topological polar surface area (TPSA) is 56.1 Å². The van der Waals surface area contributed by atoms with Gasteiger partial charge < -0.3 is 9.64 Å². The first-order valence-electron chi connectivity index (χ1n) is 8.93. The fourth-order valence-corrected chi connectivity index (χ4v) is 3.83. The molecule has 1 fully saturated rings. The van der Waals surface area contributed by atoms with Gasteiger partial charge >= 0.3 is 0 Å². The maximum Gasteiger partial charge on any atom is 0.163 e. The summed E-state index contributed by atoms with van der Waals surface area (Å²) in [5, 5.41) is 5.56. The number of fused-ring (bicyclic) bond motifs is 1. The lowest BCUT2D eigenvalue weighted by molar-refractivity contribution is 0.110. The van der Waals surface area contributed by atoms with Crippen LogP contribution >= 0.6 is 0 Å². The lowest BCUT2D eigenvalue weighted by Crippen LogP contribution is -2.62. The molecule has 0 radical (unpaired) electrons. The van der Waals surface area contributed by atoms with E-state index in [1.54, 1.807) is 13.4 Å². The average molecular weight is 351 g/mol. The van der Waals surface area contributed by atoms with E-state index in [0.717, 1.165) is 29.9 Å². The molecule has 0 bridgehead atoms. The molecule has 6 heteroatoms. The largest absolute Gasteiger partial charge is 0.384 e. The molecule has 3 aromatic rings. The third kappa shape index (κ3) is 2.65. The van der Waals surface area contributed by atoms with E-state index in [1.165, 1.54) is 5.56 Å². The van der Waals surface area contributed by atoms with E-state index in [0.29, 0.717) is 6.61 Å². The molecule has 0 unspecified atom stereocenters. The van der Waals surface area contributed by atoms with Crippen molar-refractivity contribution in [1.82, 2.24) is 19.7 Å². The Balaban J connectivity index is 1.67. The van der Waals surface area contributed by atoms with Crippen molar-refractivity contribution in [3.8, 4) is 0 Å². The number of nitrogens with zero attached hydrogens (tertiary/aromatic N) is 5. The van der Waals surface area contributed by atoms with Gasteiger partial charge in [-0.1, -0.05) is 30.3 Å². The van der Waals surface area contributed by atoms with Crippen LogP contribution in [-0.2, 0) is 15.7 Å². The fraction of sp³-hybridized carbons (Fsp3) is 0.450. The van der Waals surface area contributed by atoms with Gasteiger partial charge in [-0.25, -0.2) is 14.6 Å². The SMILES string of the molecule is COCC1(c2ccccc2)CN(c2ncnc3c2cnn3C(C)(C)C)C1. The van der Waals surface area contributed by atoms with E-state index in [-0.39, 0.29) is 11.0 Å². The fourth-order valence-electron chi connectivity index (χ4n) is 3.83. The lowest BCUT2D eigenvalue weighted by Gasteiger charge is -2.51. The van der Waals surface area contributed by atoms with Crippen LogP contribution in [0.15, 0.2) is 42.9 Å². The summed E-state index contributed by atoms with van der Waals surface area (Å²) in [6.07, 6.45) is 3.52. The van der Waals surface area contributed by atoms with E-state index in [4.69, 9.17) is 4.74 Å². The zero-order valence-corrected chi connectivity index (χ0v) is 15.8. The minimum atomic E-state index is -0.119. The van der Waals surface area contributed by atoms with Crippen LogP contribution in [0.25, 0.3) is 11.0 Å². The Kier molecular flexibility index (Phi) is 3.95. The molecule has 0 saturated carbocycles. The van der Waals surface area contributed by atoms with E-state index in [9.17, 15) is 0 Å². The predicted octanol–water partition coefficient (Wildman–Crippen LogP) is 2.99. The molecule has 2 aromatic heterocycles. The summed E-state index contributed by atoms with van der Waals surface area (Å²) in [4.78, 5) is 11.3. The van der Waals surface area contributed by atoms with Gasteiger partial charge in [0.05, 0.1) is 29.1 Å². The van der Waals surface area contributed by atoms with Crippen LogP contribution in [0.4, 0.5) is 5.82 Å². The zero-order chi connectivity index (χ0) is 18.4. The summed E-state index contributed by atoms with van der Waals surface area (Å²) in [5.41, 5.74) is 2.08. The molecular formula is C20H25N5O. The summed E-state index contributed by atoms with van der Waals surface area (Å²) < 4.78 is 7.51. The van der Waals surface area contributed by atoms with Crippen molar-refractivity contribution in [2.24, 2.45) is 0 Å². The molecule has 3 heterocycles. The van der Waals surface area contributed by atoms with Gasteiger partial charge in [0.2, 0.25) is 0 Å². The third-order valence-corrected chi connectivity index (χ3v) is 5.07. The van der Waals surface area contributed by atoms with E-state index < -0.39 is 0 Å². The average Bonchev–Trinajstić information content (AvgIpc) is 3.03. The normalized spacial score (nSPS) is 16.7. The van der Waals surface area contributed by atoms with Crippen LogP contribution in [0.3, 0.4) is 0 Å². The van der Waals surface area contributed by atoms with Crippen LogP contribution < -0.4 is 4.90 Å². The second kappa shape index (κ2) is 6.06. The number of methoxy groups -OCH3 is 1. The highest BCUT2D eigenvalue weighted by molar-refractivity contribution is 5.87. The molecule has 0 spiro atoms. The number of rotatable bonds is 4. The molecular weight excluding hydrogens is 326 g/mol. The highest BCUT2D eigenvalue weighted by atomic mass is 16.5. The van der Waals surface area contributed by atoms with Crippen molar-refractivity contribution in [3.05, 3.63) is 48.4 Å². The first-order chi connectivity index (χ1) is 12.4. The van der Waals surface area contributed by atoms with Gasteiger partial charge in [-0.2, -0.15) is 5.10 Å². The highest BCUT2D eigenvalue weighted by Gasteiger charge is 2.45. The van der Waals surface area contributed by atoms with E-state index in [2.05, 4.69) is 71.1 Å². The van der Waals surface area contributed by atoms with Crippen LogP contribution in [0.2, 0.25) is 0 Å². The molecule has 0 N–H and O–H groups in total. The molecule has 4 rings (SSSR count). The van der Waals surface area contributed by atoms with Gasteiger partial charge in [0, 0.05) is 20.2 Å². The van der Waals surface area contributed by atoms with Crippen molar-refractivity contribution in [2.45, 2.75) is 31.7 Å². The molecule has 0 atom stereocenters. The first kappa shape index (κ1) is 17.0. The van der Waals surface area contributed by atoms with Crippen molar-refractivity contribution in [1.29, 1.82) is 0 Å². The second-order valence-electron chi connectivity index (χ2n) is 8.10. The minimum Gasteiger partial charge on any atom is -0.384 e. The summed E-state index contributed by atoms with van der Waals surface area (Å²) in [6.45, 7) is 8.83. The number of hydrogen-bond acceptors (Lipinski definition) is 5. The Labute approximate surface area is 153 Å². The maximum absolute atomic E-state index is 5.55. The van der Waals surface area contributed by atoms with Crippen molar-refractivity contribution < 1.29 is 4.74 Å². The van der Waals surface area contributed by atoms with Crippen molar-refractivity contribution in [3.63, 3.8) is 0 Å². The monoisotopic (exact) mass is 351 g/mol. The number of ether oxygens (including phenoxy) is 1. The molecule has 6 nitrogen and oxygen atoms in total. The smallest absolute Gasteiger partial charge is 0.163 e. The molecule has 1 saturated heterocycles. The quantitative estimate of drug-likeness (QED) is 0.723. The Morgan fingerprint density at radius 2 is 1.85 bits per heavy atom. The van der Waals surface area contributed by atoms with E-state index >= 15 is 0 Å². The Morgan fingerprint density at radius 3 is 2.50 bits per heavy atom. The van der Waals surface area contributed by atoms with Gasteiger partial charge in [0.15, 0.2) is 5.65 Å². The molecule has 0 aliphatic carbocycles. The van der Waals surface area contributed by atoms with Gasteiger partial charge in [0.1, 0.15) is 12.1 Å². The standard InChI is InChI=1S/C20H25N5O/c1-19(2,3)25-18-16(10-23-25)17(21-14-22-18)24-11-20(12-24,13-26-4)15-8-6-5-7-9-15/h5-10,14H,11-13H2,1-4H3. The molecule has 1 aromatic carbocycles. The van der Waals surface area contributed by atoms with E-state index in [1.807, 2.05) is 10.9 Å². The summed E-state index contributed by atoms with van der Waals surface area (Å²) >= 11 is 0. The van der Waals surface area contributed by atoms with Gasteiger partial charge in [-0.05, 0) is 26.3 Å². The van der Waals surface area contributed by atoms with Gasteiger partial charge in [0.25, 0.3) is 0 Å². The summed E-state index contributed by atoms with van der Waals surface area (Å²) in [5.74, 6) is 0.952. The van der Waals surface area contributed by atoms with Crippen LogP contribution in [0.5, 0.6) is 0 Å². The number of hydrogen-bond donors (Lipinski definition) is 0. The van der Waals surface area contributed by atoms with Crippen molar-refractivity contribution >= 4 is 16.9 Å². The molecule has 26 heavy (non-hydrogen) atoms. The van der Waals surface area contributed by atoms with Gasteiger partial charge in [-0.15, -0.1) is 0 Å². The molecule has 136 valence electrons. The molecule has 0 amide bonds. The number of aromatic nitrogens is 4. The van der Waals surface area contributed by atoms with Crippen LogP contribution in [0, 0.1) is 0 Å². The zero-order valence-electron chi connectivity index (χ0n) is 15.8. The summed E-state index contributed by atoms with van der Waals surface area (Å²) in [6, 6.07) is 10.6. The van der Waals surface area contributed by atoms with Crippen LogP contribution in [0.1, 0.15) is 26.3 Å². The summed E-state index contributed by atoms with van der Waals surface area (Å²) in [7, 11) is 1.77. The lowest BCUT2D eigenvalue weighted by atomic mass is 9.74. The van der Waals surface area contributed by atoms with Crippen LogP contribution in [-0.4, -0.2) is 46.6 Å². The molecule has 1 aliphatic heterocycles. The Bertz CT molecular complexity index is 907. The Hall–Kier alpha value is -2.47. The number of anilines is 1. The second-order valence-corrected chi connectivity index (χ2v) is 8.10. The molecule has 1 aliphatic rings. The highest BCUT2D eigenvalue weighted by Crippen LogP contribution is 2.39. The first-order valence-corrected chi connectivity index (χ1v) is 8.93. The van der Waals surface area contributed by atoms with Gasteiger partial charge in [-0.3, -0.25) is 0 Å². The minimum absolute atomic E-state index is 0.00725. The Morgan fingerprint density at radius 1 is 1.12 bits per heavy atom. The maximum atomic E-state index is 5.55.